The zero-order chi connectivity index (χ0) is 26.9. The van der Waals surface area contributed by atoms with E-state index in [2.05, 4.69) is 79.4 Å². The van der Waals surface area contributed by atoms with E-state index in [4.69, 9.17) is 10.2 Å². The third-order valence-corrected chi connectivity index (χ3v) is 7.25. The molecule has 9 heteroatoms. The summed E-state index contributed by atoms with van der Waals surface area (Å²) < 4.78 is 6.74. The number of nitrogens with two attached hydrogens (primary N) is 1. The van der Waals surface area contributed by atoms with Gasteiger partial charge >= 0.3 is 5.69 Å². The van der Waals surface area contributed by atoms with E-state index >= 15 is 0 Å². The van der Waals surface area contributed by atoms with Crippen LogP contribution in [0.2, 0.25) is 0 Å². The highest BCUT2D eigenvalue weighted by atomic mass is 32.2. The Morgan fingerprint density at radius 1 is 1.32 bits per heavy atom. The number of H-pyrrole nitrogens is 1. The van der Waals surface area contributed by atoms with Crippen LogP contribution in [-0.2, 0) is 20.0 Å². The van der Waals surface area contributed by atoms with E-state index in [0.717, 1.165) is 22.8 Å². The first-order valence-electron chi connectivity index (χ1n) is 12.5. The van der Waals surface area contributed by atoms with Crippen molar-refractivity contribution in [2.24, 2.45) is 18.7 Å². The van der Waals surface area contributed by atoms with Gasteiger partial charge in [-0.2, -0.15) is 0 Å². The van der Waals surface area contributed by atoms with Gasteiger partial charge in [-0.3, -0.25) is 14.3 Å². The molecule has 0 radical (unpaired) electrons. The average molecular weight is 524 g/mol. The van der Waals surface area contributed by atoms with Crippen LogP contribution in [0.15, 0.2) is 72.9 Å². The number of hydrogen-bond donors (Lipinski definition) is 3. The van der Waals surface area contributed by atoms with E-state index in [1.165, 1.54) is 22.1 Å². The zero-order valence-electron chi connectivity index (χ0n) is 22.2. The standard InChI is InChI=1S/C28H37N5O3S/c1-6-21(23-10-8-7-9-19(23)3)14-25(29)37-20(4)12-11-18(2)13-24-26(27(34)32-28(35)33(24)5)31-16-22-15-30-17-36-22/h7-10,12,14-15,17-18,21,31H,6,11,13,16,29H2,1-5H3,(H,32,34,35)/b20-12-,25-14+. The number of rotatable bonds is 12. The van der Waals surface area contributed by atoms with E-state index in [0.29, 0.717) is 30.1 Å². The number of hydrogen-bond acceptors (Lipinski definition) is 7. The number of aromatic nitrogens is 3. The predicted molar refractivity (Wildman–Crippen MR) is 151 cm³/mol. The van der Waals surface area contributed by atoms with Crippen LogP contribution in [0, 0.1) is 12.8 Å². The molecule has 2 unspecified atom stereocenters. The molecule has 0 amide bonds. The minimum absolute atomic E-state index is 0.189. The van der Waals surface area contributed by atoms with Crippen LogP contribution in [0.25, 0.3) is 0 Å². The Kier molecular flexibility index (Phi) is 10.0. The largest absolute Gasteiger partial charge is 0.447 e. The van der Waals surface area contributed by atoms with Gasteiger partial charge in [0, 0.05) is 13.0 Å². The molecule has 3 rings (SSSR count). The Hall–Kier alpha value is -3.46. The maximum atomic E-state index is 12.6. The van der Waals surface area contributed by atoms with Crippen LogP contribution in [0.4, 0.5) is 5.69 Å². The second-order valence-corrected chi connectivity index (χ2v) is 10.7. The summed E-state index contributed by atoms with van der Waals surface area (Å²) in [5, 5.41) is 3.89. The van der Waals surface area contributed by atoms with Crippen LogP contribution in [0.5, 0.6) is 0 Å². The first-order chi connectivity index (χ1) is 17.7. The molecule has 4 N–H and O–H groups in total. The second kappa shape index (κ2) is 13.2. The summed E-state index contributed by atoms with van der Waals surface area (Å²) in [6.45, 7) is 8.76. The molecule has 2 atom stereocenters. The lowest BCUT2D eigenvalue weighted by molar-refractivity contribution is 0.510. The highest BCUT2D eigenvalue weighted by Gasteiger charge is 2.16. The second-order valence-electron chi connectivity index (χ2n) is 9.36. The Balaban J connectivity index is 1.67. The Morgan fingerprint density at radius 2 is 2.08 bits per heavy atom. The van der Waals surface area contributed by atoms with Gasteiger partial charge in [0.15, 0.2) is 6.39 Å². The topological polar surface area (TPSA) is 119 Å². The number of aromatic amines is 1. The van der Waals surface area contributed by atoms with Gasteiger partial charge in [-0.05, 0) is 61.1 Å². The van der Waals surface area contributed by atoms with Crippen molar-refractivity contribution in [3.8, 4) is 0 Å². The molecule has 0 fully saturated rings. The van der Waals surface area contributed by atoms with Crippen molar-refractivity contribution in [2.45, 2.75) is 59.4 Å². The smallest absolute Gasteiger partial charge is 0.328 e. The zero-order valence-corrected chi connectivity index (χ0v) is 23.0. The molecular weight excluding hydrogens is 486 g/mol. The van der Waals surface area contributed by atoms with Crippen LogP contribution in [-0.4, -0.2) is 14.5 Å². The minimum atomic E-state index is -0.441. The Bertz CT molecular complexity index is 1350. The summed E-state index contributed by atoms with van der Waals surface area (Å²) in [5.74, 6) is 1.07. The highest BCUT2D eigenvalue weighted by Crippen LogP contribution is 2.30. The molecule has 0 aliphatic heterocycles. The molecule has 0 saturated heterocycles. The lowest BCUT2D eigenvalue weighted by atomic mass is 9.93. The third-order valence-electron chi connectivity index (χ3n) is 6.39. The lowest BCUT2D eigenvalue weighted by Crippen LogP contribution is -2.34. The number of oxazole rings is 1. The SMILES string of the molecule is CCC(/C=C(\N)S/C(C)=C\CC(C)Cc1c(NCc2cnco2)c(=O)[nH]c(=O)n1C)c1ccccc1C. The maximum Gasteiger partial charge on any atom is 0.328 e. The number of benzene rings is 1. The minimum Gasteiger partial charge on any atom is -0.447 e. The van der Waals surface area contributed by atoms with Crippen LogP contribution >= 0.6 is 11.8 Å². The summed E-state index contributed by atoms with van der Waals surface area (Å²) >= 11 is 1.57. The normalized spacial score (nSPS) is 14.0. The molecule has 37 heavy (non-hydrogen) atoms. The van der Waals surface area contributed by atoms with Gasteiger partial charge in [-0.15, -0.1) is 0 Å². The van der Waals surface area contributed by atoms with Gasteiger partial charge < -0.3 is 15.5 Å². The van der Waals surface area contributed by atoms with Crippen molar-refractivity contribution >= 4 is 17.4 Å². The number of nitrogens with zero attached hydrogens (tertiary/aromatic N) is 2. The molecule has 0 aliphatic carbocycles. The number of allylic oxidation sites excluding steroid dienone is 3. The van der Waals surface area contributed by atoms with Crippen LogP contribution < -0.4 is 22.3 Å². The molecule has 3 aromatic rings. The first kappa shape index (κ1) is 28.1. The molecule has 8 nitrogen and oxygen atoms in total. The van der Waals surface area contributed by atoms with Crippen LogP contribution in [0.3, 0.4) is 0 Å². The molecule has 0 spiro atoms. The molecule has 2 heterocycles. The highest BCUT2D eigenvalue weighted by molar-refractivity contribution is 8.06. The van der Waals surface area contributed by atoms with Crippen molar-refractivity contribution in [3.63, 3.8) is 0 Å². The Morgan fingerprint density at radius 3 is 2.76 bits per heavy atom. The van der Waals surface area contributed by atoms with E-state index in [1.807, 2.05) is 0 Å². The number of anilines is 1. The molecule has 198 valence electrons. The summed E-state index contributed by atoms with van der Waals surface area (Å²) in [7, 11) is 1.67. The fourth-order valence-electron chi connectivity index (χ4n) is 4.26. The molecule has 1 aromatic carbocycles. The van der Waals surface area contributed by atoms with E-state index in [1.54, 1.807) is 25.0 Å². The lowest BCUT2D eigenvalue weighted by Gasteiger charge is -2.17. The number of nitrogens with one attached hydrogen (secondary N) is 2. The third kappa shape index (κ3) is 7.76. The summed E-state index contributed by atoms with van der Waals surface area (Å²) in [4.78, 5) is 32.2. The number of thioether (sulfide) groups is 1. The van der Waals surface area contributed by atoms with Crippen molar-refractivity contribution in [1.29, 1.82) is 0 Å². The van der Waals surface area contributed by atoms with Crippen molar-refractivity contribution < 1.29 is 4.42 Å². The van der Waals surface area contributed by atoms with Crippen LogP contribution in [0.1, 0.15) is 62.1 Å². The van der Waals surface area contributed by atoms with Gasteiger partial charge in [-0.1, -0.05) is 56.0 Å². The van der Waals surface area contributed by atoms with Crippen molar-refractivity contribution in [1.82, 2.24) is 14.5 Å². The average Bonchev–Trinajstić information content (AvgIpc) is 3.38. The van der Waals surface area contributed by atoms with Gasteiger partial charge in [0.25, 0.3) is 5.56 Å². The summed E-state index contributed by atoms with van der Waals surface area (Å²) in [6, 6.07) is 8.42. The Labute approximate surface area is 222 Å². The van der Waals surface area contributed by atoms with Crippen molar-refractivity contribution in [2.75, 3.05) is 5.32 Å². The monoisotopic (exact) mass is 523 g/mol. The molecule has 2 aromatic heterocycles. The first-order valence-corrected chi connectivity index (χ1v) is 13.3. The fourth-order valence-corrected chi connectivity index (χ4v) is 5.05. The summed E-state index contributed by atoms with van der Waals surface area (Å²) in [5.41, 5.74) is 9.13. The summed E-state index contributed by atoms with van der Waals surface area (Å²) in [6.07, 6.45) is 9.55. The fraction of sp³-hybridized carbons (Fsp3) is 0.393. The molecule has 0 saturated carbocycles. The number of aryl methyl sites for hydroxylation is 1. The maximum absolute atomic E-state index is 12.6. The van der Waals surface area contributed by atoms with Gasteiger partial charge in [0.1, 0.15) is 11.4 Å². The molecule has 0 bridgehead atoms. The molecule has 0 aliphatic rings. The van der Waals surface area contributed by atoms with Gasteiger partial charge in [-0.25, -0.2) is 9.78 Å². The predicted octanol–water partition coefficient (Wildman–Crippen LogP) is 5.18. The van der Waals surface area contributed by atoms with E-state index < -0.39 is 11.2 Å². The van der Waals surface area contributed by atoms with E-state index in [-0.39, 0.29) is 11.8 Å². The van der Waals surface area contributed by atoms with Crippen molar-refractivity contribution in [3.05, 3.63) is 102 Å². The molecular formula is C28H37N5O3S. The van der Waals surface area contributed by atoms with Gasteiger partial charge in [0.2, 0.25) is 0 Å². The van der Waals surface area contributed by atoms with Gasteiger partial charge in [0.05, 0.1) is 23.5 Å². The van der Waals surface area contributed by atoms with E-state index in [9.17, 15) is 9.59 Å². The quantitative estimate of drug-likeness (QED) is 0.299.